The molecule has 3 aliphatic heterocycles. The van der Waals surface area contributed by atoms with Gasteiger partial charge in [0.1, 0.15) is 41.0 Å². The standard InChI is InChI=1S/C47H60N6O19/c1-20(2)36(52-29(56)18-50-28(55)9-10-30(57)58)43(64)51-24(19-54)42(63)48-11-12-49-46(65)47(66)16-23-33(40(62)35-34(38(23)60)37(59)22-7-6-8-26(67-4)32(22)39(35)61)27(17-47)71-31-15-25-41(21(3)70-31)72-44-45(68-5)69-14-13-53(25)44/h6-8,20-21,24-25,27,31,36,41,44-45,54,60,62,66H,9-19H2,1-5H3,(H,48,63)(H,49,65)(H,50,55)(H,51,64)(H,52,56)(H,57,58)/t21-,24-,25-,27-,31-,36-,41+,44+,45-,47-/m0/s1/i9T/t9?,21-,24-,25-,27-,31-,36-,41+,44+,45-,47-. The van der Waals surface area contributed by atoms with Crippen LogP contribution >= 0.6 is 0 Å². The lowest BCUT2D eigenvalue weighted by Crippen LogP contribution is -2.58. The van der Waals surface area contributed by atoms with Crippen LogP contribution in [0.2, 0.25) is 0 Å². The first kappa shape index (κ1) is 52.0. The second-order valence-corrected chi connectivity index (χ2v) is 18.3. The first-order chi connectivity index (χ1) is 34.6. The largest absolute Gasteiger partial charge is 0.507 e. The number of carbonyl (C=O) groups is 8. The van der Waals surface area contributed by atoms with Gasteiger partial charge in [0.25, 0.3) is 5.91 Å². The minimum Gasteiger partial charge on any atom is -0.507 e. The smallest absolute Gasteiger partial charge is 0.303 e. The Bertz CT molecular complexity index is 2530. The molecule has 3 saturated heterocycles. The number of aromatic hydroxyl groups is 2. The van der Waals surface area contributed by atoms with Crippen molar-refractivity contribution in [2.45, 2.75) is 114 Å². The number of nitrogens with one attached hydrogen (secondary N) is 5. The number of amides is 5. The molecule has 3 heterocycles. The fourth-order valence-electron chi connectivity index (χ4n) is 9.79. The molecule has 2 aromatic rings. The molecule has 2 aliphatic carbocycles. The number of methoxy groups -OCH3 is 2. The zero-order valence-electron chi connectivity index (χ0n) is 41.1. The number of carboxylic acids is 1. The number of benzene rings is 2. The second kappa shape index (κ2) is 22.2. The number of aliphatic hydroxyl groups is 2. The summed E-state index contributed by atoms with van der Waals surface area (Å²) in [4.78, 5) is 106. The van der Waals surface area contributed by atoms with Gasteiger partial charge in [0.15, 0.2) is 24.6 Å². The molecule has 25 nitrogen and oxygen atoms in total. The molecule has 11 atom stereocenters. The summed E-state index contributed by atoms with van der Waals surface area (Å²) >= 11 is 0. The Morgan fingerprint density at radius 3 is 2.35 bits per heavy atom. The molecule has 72 heavy (non-hydrogen) atoms. The number of hydrogen-bond donors (Lipinski definition) is 10. The number of aliphatic hydroxyl groups excluding tert-OH is 1. The summed E-state index contributed by atoms with van der Waals surface area (Å²) in [5.41, 5.74) is -4.20. The van der Waals surface area contributed by atoms with Crippen molar-refractivity contribution in [2.75, 3.05) is 53.6 Å². The Hall–Kier alpha value is -6.32. The van der Waals surface area contributed by atoms with Crippen molar-refractivity contribution in [1.82, 2.24) is 31.5 Å². The van der Waals surface area contributed by atoms with Crippen molar-refractivity contribution in [3.05, 3.63) is 51.6 Å². The monoisotopic (exact) mass is 1010 g/mol. The Kier molecular flexibility index (Phi) is 16.0. The van der Waals surface area contributed by atoms with Crippen LogP contribution in [0.25, 0.3) is 0 Å². The molecule has 0 aromatic heterocycles. The topological polar surface area (TPSA) is 356 Å². The first-order valence-corrected chi connectivity index (χ1v) is 23.3. The number of carbonyl (C=O) groups excluding carboxylic acids is 7. The van der Waals surface area contributed by atoms with Crippen LogP contribution in [0.4, 0.5) is 0 Å². The maximum Gasteiger partial charge on any atom is 0.303 e. The summed E-state index contributed by atoms with van der Waals surface area (Å²) < 4.78 is 43.4. The molecule has 1 unspecified atom stereocenters. The van der Waals surface area contributed by atoms with E-state index in [1.807, 2.05) is 0 Å². The predicted octanol–water partition coefficient (Wildman–Crippen LogP) is -2.02. The van der Waals surface area contributed by atoms with Gasteiger partial charge in [-0.05, 0) is 18.9 Å². The molecular formula is C47H60N6O19. The third-order valence-electron chi connectivity index (χ3n) is 13.3. The summed E-state index contributed by atoms with van der Waals surface area (Å²) in [6.45, 7) is 3.48. The van der Waals surface area contributed by atoms with Gasteiger partial charge in [0.2, 0.25) is 29.4 Å². The predicted molar refractivity (Wildman–Crippen MR) is 243 cm³/mol. The molecule has 0 radical (unpaired) electrons. The highest BCUT2D eigenvalue weighted by atomic mass is 16.7. The zero-order chi connectivity index (χ0) is 53.2. The molecular weight excluding hydrogens is 953 g/mol. The van der Waals surface area contributed by atoms with Crippen LogP contribution in [0.1, 0.15) is 96.9 Å². The Morgan fingerprint density at radius 1 is 0.944 bits per heavy atom. The van der Waals surface area contributed by atoms with Gasteiger partial charge in [-0.2, -0.15) is 0 Å². The third kappa shape index (κ3) is 10.7. The number of phenolic OH excluding ortho intramolecular Hbond substituents is 2. The van der Waals surface area contributed by atoms with Gasteiger partial charge in [0.05, 0.1) is 62.2 Å². The molecule has 0 saturated carbocycles. The van der Waals surface area contributed by atoms with Crippen LogP contribution < -0.4 is 31.3 Å². The van der Waals surface area contributed by atoms with Gasteiger partial charge in [-0.25, -0.2) is 0 Å². The quantitative estimate of drug-likeness (QED) is 0.0458. The van der Waals surface area contributed by atoms with Gasteiger partial charge >= 0.3 is 5.97 Å². The number of fused-ring (bicyclic) bond motifs is 6. The van der Waals surface area contributed by atoms with Crippen molar-refractivity contribution < 1.29 is 93.7 Å². The molecule has 5 amide bonds. The molecule has 3 fully saturated rings. The third-order valence-corrected chi connectivity index (χ3v) is 13.3. The molecule has 0 bridgehead atoms. The van der Waals surface area contributed by atoms with Crippen molar-refractivity contribution in [1.29, 1.82) is 0 Å². The van der Waals surface area contributed by atoms with E-state index in [4.69, 9.17) is 34.9 Å². The molecule has 7 rings (SSSR count). The van der Waals surface area contributed by atoms with Crippen molar-refractivity contribution >= 4 is 47.1 Å². The van der Waals surface area contributed by atoms with E-state index < -0.39 is 169 Å². The van der Waals surface area contributed by atoms with Gasteiger partial charge in [0, 0.05) is 76.5 Å². The van der Waals surface area contributed by atoms with Crippen molar-refractivity contribution in [3.8, 4) is 17.2 Å². The highest BCUT2D eigenvalue weighted by Gasteiger charge is 2.55. The number of carboxylic acid groups (broad SMARTS) is 1. The summed E-state index contributed by atoms with van der Waals surface area (Å²) in [7, 11) is 2.80. The number of aliphatic carboxylic acids is 1. The van der Waals surface area contributed by atoms with E-state index in [1.165, 1.54) is 32.4 Å². The van der Waals surface area contributed by atoms with Crippen LogP contribution in [0.15, 0.2) is 18.2 Å². The van der Waals surface area contributed by atoms with Crippen molar-refractivity contribution in [3.63, 3.8) is 0 Å². The fraction of sp³-hybridized carbons (Fsp3) is 0.574. The van der Waals surface area contributed by atoms with Gasteiger partial charge in [-0.3, -0.25) is 43.3 Å². The van der Waals surface area contributed by atoms with E-state index in [2.05, 4.69) is 31.5 Å². The van der Waals surface area contributed by atoms with E-state index in [0.717, 1.165) is 0 Å². The number of rotatable bonds is 19. The van der Waals surface area contributed by atoms with E-state index >= 15 is 0 Å². The summed E-state index contributed by atoms with van der Waals surface area (Å²) in [6.07, 6.45) is -8.35. The lowest BCUT2D eigenvalue weighted by atomic mass is 9.72. The second-order valence-electron chi connectivity index (χ2n) is 18.3. The van der Waals surface area contributed by atoms with Gasteiger partial charge in [-0.1, -0.05) is 26.0 Å². The molecule has 5 aliphatic rings. The minimum absolute atomic E-state index is 0.0453. The number of ketones is 2. The molecule has 392 valence electrons. The van der Waals surface area contributed by atoms with Crippen LogP contribution in [0.3, 0.4) is 0 Å². The maximum atomic E-state index is 14.2. The Balaban J connectivity index is 1.05. The molecule has 10 N–H and O–H groups in total. The molecule has 2 aromatic carbocycles. The number of morpholine rings is 1. The molecule has 0 spiro atoms. The van der Waals surface area contributed by atoms with Gasteiger partial charge in [-0.15, -0.1) is 0 Å². The van der Waals surface area contributed by atoms with Crippen LogP contribution in [0.5, 0.6) is 17.2 Å². The summed E-state index contributed by atoms with van der Waals surface area (Å²) in [6, 6.07) is 1.17. The zero-order valence-corrected chi connectivity index (χ0v) is 40.1. The van der Waals surface area contributed by atoms with Gasteiger partial charge < -0.3 is 80.5 Å². The van der Waals surface area contributed by atoms with E-state index in [0.29, 0.717) is 13.2 Å². The van der Waals surface area contributed by atoms with E-state index in [9.17, 15) is 58.8 Å². The SMILES string of the molecule is [3H]C(CC(=O)O)C(=O)NCC(=O)N[C@H](C(=O)N[C@@H](CO)C(=O)NCCNC(=O)[C@]1(O)Cc2c(O)c3c(c(O)c2[C@@H](O[C@H]2C[C@H]4[C@H](O[C@@H]5[C@@H](OC)OCCN54)[C@H](C)O2)C1)C(=O)c1c(OC)cccc1C3=O)C(C)C. The number of ether oxygens (including phenoxy) is 6. The molecule has 25 heteroatoms. The normalized spacial score (nSPS) is 26.8. The first-order valence-electron chi connectivity index (χ1n) is 23.9. The highest BCUT2D eigenvalue weighted by Crippen LogP contribution is 2.53. The lowest BCUT2D eigenvalue weighted by Gasteiger charge is -2.43. The number of nitrogens with zero attached hydrogens (tertiary/aromatic N) is 1. The van der Waals surface area contributed by atoms with Crippen LogP contribution in [-0.2, 0) is 58.9 Å². The Labute approximate surface area is 413 Å². The average Bonchev–Trinajstić information content (AvgIpc) is 3.74. The maximum absolute atomic E-state index is 14.2. The fourth-order valence-corrected chi connectivity index (χ4v) is 9.79. The van der Waals surface area contributed by atoms with E-state index in [1.54, 1.807) is 20.8 Å². The minimum atomic E-state index is -2.44. The summed E-state index contributed by atoms with van der Waals surface area (Å²) in [5, 5.41) is 67.0. The van der Waals surface area contributed by atoms with Crippen LogP contribution in [0, 0.1) is 5.92 Å². The average molecular weight is 1020 g/mol. The number of phenols is 2. The Morgan fingerprint density at radius 2 is 1.67 bits per heavy atom. The van der Waals surface area contributed by atoms with Crippen molar-refractivity contribution in [2.24, 2.45) is 5.92 Å². The lowest BCUT2D eigenvalue weighted by molar-refractivity contribution is -0.256. The number of hydrogen-bond acceptors (Lipinski definition) is 19. The highest BCUT2D eigenvalue weighted by molar-refractivity contribution is 6.31. The summed E-state index contributed by atoms with van der Waals surface area (Å²) in [5.74, 6) is -9.80. The van der Waals surface area contributed by atoms with Crippen LogP contribution in [-0.4, -0.2) is 186 Å². The van der Waals surface area contributed by atoms with E-state index in [-0.39, 0.29) is 53.6 Å².